The van der Waals surface area contributed by atoms with Crippen LogP contribution in [-0.2, 0) is 38.0 Å². The monoisotopic (exact) mass is 1210 g/mol. The first-order chi connectivity index (χ1) is 41.1. The number of aliphatic hydroxyl groups excluding tert-OH is 8. The van der Waals surface area contributed by atoms with Crippen molar-refractivity contribution >= 4 is 11.8 Å². The minimum Gasteiger partial charge on any atom is -0.394 e. The molecule has 22 nitrogen and oxygen atoms in total. The molecule has 2 amide bonds. The number of nitrogens with zero attached hydrogens (tertiary/aromatic N) is 1. The number of allylic oxidation sites excluding steroid dienone is 4. The molecule has 3 heterocycles. The summed E-state index contributed by atoms with van der Waals surface area (Å²) in [6.45, 7) is 4.06. The Morgan fingerprint density at radius 2 is 0.859 bits per heavy atom. The van der Waals surface area contributed by atoms with E-state index in [1.807, 2.05) is 4.90 Å². The van der Waals surface area contributed by atoms with E-state index in [1.54, 1.807) is 0 Å². The van der Waals surface area contributed by atoms with Crippen molar-refractivity contribution in [2.45, 2.75) is 329 Å². The molecule has 4 fully saturated rings. The van der Waals surface area contributed by atoms with E-state index in [4.69, 9.17) is 51.4 Å². The van der Waals surface area contributed by atoms with Gasteiger partial charge in [0.05, 0.1) is 31.4 Å². The van der Waals surface area contributed by atoms with E-state index in [-0.39, 0.29) is 31.7 Å². The third kappa shape index (κ3) is 26.6. The maximum atomic E-state index is 13.8. The van der Waals surface area contributed by atoms with Crippen molar-refractivity contribution in [3.8, 4) is 0 Å². The number of hydrogen-bond acceptors (Lipinski definition) is 20. The van der Waals surface area contributed by atoms with Crippen LogP contribution in [0.2, 0.25) is 0 Å². The molecule has 85 heavy (non-hydrogen) atoms. The highest BCUT2D eigenvalue weighted by atomic mass is 16.8. The van der Waals surface area contributed by atoms with Crippen molar-refractivity contribution in [2.75, 3.05) is 32.8 Å². The lowest BCUT2D eigenvalue weighted by Gasteiger charge is -2.47. The summed E-state index contributed by atoms with van der Waals surface area (Å²) in [5.74, 6) is -0.561. The second-order valence-corrected chi connectivity index (χ2v) is 24.5. The number of aliphatic hydroxyl groups is 8. The first-order valence-corrected chi connectivity index (χ1v) is 33.2. The summed E-state index contributed by atoms with van der Waals surface area (Å²) in [4.78, 5) is 29.0. The number of amides is 2. The van der Waals surface area contributed by atoms with Crippen LogP contribution < -0.4 is 28.3 Å². The van der Waals surface area contributed by atoms with Crippen LogP contribution in [0.1, 0.15) is 213 Å². The fourth-order valence-corrected chi connectivity index (χ4v) is 11.8. The van der Waals surface area contributed by atoms with Crippen LogP contribution in [0, 0.1) is 0 Å². The summed E-state index contributed by atoms with van der Waals surface area (Å²) in [7, 11) is 0. The summed E-state index contributed by atoms with van der Waals surface area (Å²) in [5, 5.41) is 88.7. The second kappa shape index (κ2) is 43.4. The first-order valence-electron chi connectivity index (χ1n) is 33.2. The van der Waals surface area contributed by atoms with Gasteiger partial charge in [-0.2, -0.15) is 0 Å². The highest BCUT2D eigenvalue weighted by Gasteiger charge is 2.54. The lowest BCUT2D eigenvalue weighted by Crippen LogP contribution is -2.68. The molecule has 0 bridgehead atoms. The molecule has 17 N–H and O–H groups in total. The van der Waals surface area contributed by atoms with Gasteiger partial charge in [-0.15, -0.1) is 0 Å². The van der Waals surface area contributed by atoms with Gasteiger partial charge in [0.1, 0.15) is 67.1 Å². The van der Waals surface area contributed by atoms with Crippen molar-refractivity contribution in [2.24, 2.45) is 22.9 Å². The maximum Gasteiger partial charge on any atom is 0.223 e. The van der Waals surface area contributed by atoms with Crippen LogP contribution in [0.3, 0.4) is 0 Å². The fraction of sp³-hybridized carbons (Fsp3) is 0.905. The molecule has 496 valence electrons. The third-order valence-electron chi connectivity index (χ3n) is 17.4. The highest BCUT2D eigenvalue weighted by Crippen LogP contribution is 2.35. The predicted octanol–water partition coefficient (Wildman–Crippen LogP) is 3.98. The van der Waals surface area contributed by atoms with E-state index in [2.05, 4.69) is 43.5 Å². The van der Waals surface area contributed by atoms with Gasteiger partial charge in [-0.25, -0.2) is 0 Å². The minimum absolute atomic E-state index is 0.00871. The van der Waals surface area contributed by atoms with Crippen LogP contribution in [0.5, 0.6) is 0 Å². The van der Waals surface area contributed by atoms with Crippen molar-refractivity contribution in [1.29, 1.82) is 0 Å². The Labute approximate surface area is 508 Å². The SMILES string of the molecule is CCCCCCCC/C=C\CCCCCCCCN(CCCCCCCC/C=C\CCCCCCCC)C(=O)CCC(=O)NCC1O[C@H](O[C@@H]2C(O)[C@H](O[C@@H]3C(O)[C@H](N)CC(N)[C@@H]3O[C@@H]3OC(CO)[C@H](O)[C@H](O)C3N)O[C@@H]2CO)[C@H](N)C(O)[C@@H]1O. The quantitative estimate of drug-likeness (QED) is 0.0303. The highest BCUT2D eigenvalue weighted by molar-refractivity contribution is 5.83. The molecule has 0 aromatic carbocycles. The molecule has 1 saturated carbocycles. The molecular weight excluding hydrogens is 1100 g/mol. The average Bonchev–Trinajstić information content (AvgIpc) is 2.54. The summed E-state index contributed by atoms with van der Waals surface area (Å²) < 4.78 is 35.7. The van der Waals surface area contributed by atoms with E-state index in [0.717, 1.165) is 64.2 Å². The van der Waals surface area contributed by atoms with Crippen LogP contribution >= 0.6 is 0 Å². The molecule has 4 aliphatic rings. The van der Waals surface area contributed by atoms with E-state index in [0.29, 0.717) is 13.1 Å². The van der Waals surface area contributed by atoms with Gasteiger partial charge >= 0.3 is 0 Å². The molecule has 0 spiro atoms. The Balaban J connectivity index is 1.25. The third-order valence-corrected chi connectivity index (χ3v) is 17.4. The van der Waals surface area contributed by atoms with Gasteiger partial charge in [-0.1, -0.05) is 154 Å². The molecule has 7 unspecified atom stereocenters. The largest absolute Gasteiger partial charge is 0.394 e. The number of nitrogens with two attached hydrogens (primary N) is 4. The number of nitrogens with one attached hydrogen (secondary N) is 1. The van der Waals surface area contributed by atoms with Crippen LogP contribution in [0.4, 0.5) is 0 Å². The van der Waals surface area contributed by atoms with E-state index in [9.17, 15) is 50.4 Å². The van der Waals surface area contributed by atoms with Gasteiger partial charge < -0.3 is 102 Å². The van der Waals surface area contributed by atoms with Crippen molar-refractivity contribution in [3.05, 3.63) is 24.3 Å². The van der Waals surface area contributed by atoms with Gasteiger partial charge in [0, 0.05) is 44.6 Å². The number of carbonyl (C=O) groups excluding carboxylic acids is 2. The van der Waals surface area contributed by atoms with E-state index >= 15 is 0 Å². The van der Waals surface area contributed by atoms with E-state index < -0.39 is 135 Å². The Morgan fingerprint density at radius 3 is 1.33 bits per heavy atom. The topological polar surface area (TPSA) is 371 Å². The lowest BCUT2D eigenvalue weighted by atomic mass is 9.84. The van der Waals surface area contributed by atoms with Crippen LogP contribution in [0.25, 0.3) is 0 Å². The molecule has 3 aliphatic heterocycles. The number of hydrogen-bond donors (Lipinski definition) is 13. The normalized spacial score (nSPS) is 32.7. The Hall–Kier alpha value is -2.30. The predicted molar refractivity (Wildman–Crippen MR) is 325 cm³/mol. The molecule has 0 radical (unpaired) electrons. The van der Waals surface area contributed by atoms with Gasteiger partial charge in [-0.3, -0.25) is 9.59 Å². The Bertz CT molecular complexity index is 1770. The average molecular weight is 1220 g/mol. The maximum absolute atomic E-state index is 13.8. The van der Waals surface area contributed by atoms with Gasteiger partial charge in [-0.05, 0) is 70.6 Å². The molecule has 0 aromatic heterocycles. The van der Waals surface area contributed by atoms with Crippen molar-refractivity contribution < 1.29 is 78.9 Å². The van der Waals surface area contributed by atoms with Crippen LogP contribution in [0.15, 0.2) is 24.3 Å². The molecule has 3 saturated heterocycles. The number of unbranched alkanes of at least 4 members (excludes halogenated alkanes) is 24. The molecular formula is C63H118N6O16. The minimum atomic E-state index is -1.72. The molecule has 22 heteroatoms. The van der Waals surface area contributed by atoms with Crippen molar-refractivity contribution in [1.82, 2.24) is 10.2 Å². The van der Waals surface area contributed by atoms with Gasteiger partial charge in [0.25, 0.3) is 0 Å². The summed E-state index contributed by atoms with van der Waals surface area (Å²) in [6.07, 6.45) is 20.8. The Kier molecular flexibility index (Phi) is 38.4. The smallest absolute Gasteiger partial charge is 0.223 e. The van der Waals surface area contributed by atoms with E-state index in [1.165, 1.54) is 116 Å². The molecule has 19 atom stereocenters. The fourth-order valence-electron chi connectivity index (χ4n) is 11.8. The van der Waals surface area contributed by atoms with Crippen molar-refractivity contribution in [3.63, 3.8) is 0 Å². The zero-order chi connectivity index (χ0) is 61.9. The number of rotatable bonds is 45. The number of carbonyl (C=O) groups is 2. The molecule has 0 aromatic rings. The summed E-state index contributed by atoms with van der Waals surface area (Å²) in [5.41, 5.74) is 25.1. The first kappa shape index (κ1) is 75.2. The summed E-state index contributed by atoms with van der Waals surface area (Å²) in [6, 6.07) is -4.59. The molecule has 4 rings (SSSR count). The zero-order valence-electron chi connectivity index (χ0n) is 51.8. The molecule has 1 aliphatic carbocycles. The standard InChI is InChI=1S/C63H118N6O16/c1-3-5-7-9-11-13-15-17-19-21-23-25-27-29-31-33-37-69(38-34-32-30-28-26-24-22-20-18-16-14-12-10-8-6-4-2)49(73)36-35-48(72)68-40-45-53(75)55(77)50(66)61(80-45)84-59-47(42-71)82-63(57(59)79)85-60-52(74)43(64)39-44(65)58(60)83-62-51(67)56(78)54(76)46(41-70)81-62/h17-20,43-47,50-63,70-71,74-79H,3-16,21-42,64-67H2,1-2H3,(H,68,72)/b19-17-,20-18-/t43-,44?,45?,46?,47-,50-,51?,52?,53-,54+,55?,56-,57?,58+,59+,60-,61-,62+,63+/m1/s1. The van der Waals surface area contributed by atoms with Crippen LogP contribution in [-0.4, -0.2) is 207 Å². The van der Waals surface area contributed by atoms with Gasteiger partial charge in [0.15, 0.2) is 18.9 Å². The van der Waals surface area contributed by atoms with Gasteiger partial charge in [0.2, 0.25) is 11.8 Å². The zero-order valence-corrected chi connectivity index (χ0v) is 51.8. The summed E-state index contributed by atoms with van der Waals surface area (Å²) >= 11 is 0. The number of ether oxygens (including phenoxy) is 6. The Morgan fingerprint density at radius 1 is 0.459 bits per heavy atom. The lowest BCUT2D eigenvalue weighted by molar-refractivity contribution is -0.310. The second-order valence-electron chi connectivity index (χ2n) is 24.5.